The van der Waals surface area contributed by atoms with Crippen molar-refractivity contribution >= 4 is 11.5 Å². The first-order valence-electron chi connectivity index (χ1n) is 7.91. The number of rotatable bonds is 2. The summed E-state index contributed by atoms with van der Waals surface area (Å²) in [5.74, 6) is 1.87. The molecule has 0 bridgehead atoms. The van der Waals surface area contributed by atoms with E-state index >= 15 is 0 Å². The highest BCUT2D eigenvalue weighted by molar-refractivity contribution is 5.49. The fourth-order valence-corrected chi connectivity index (χ4v) is 3.14. The second kappa shape index (κ2) is 5.85. The summed E-state index contributed by atoms with van der Waals surface area (Å²) >= 11 is 0. The molecule has 8 heteroatoms. The molecule has 0 aliphatic carbocycles. The van der Waals surface area contributed by atoms with Gasteiger partial charge in [0.1, 0.15) is 6.07 Å². The molecule has 4 rings (SSSR count). The Bertz CT molecular complexity index is 917. The normalized spacial score (nSPS) is 15.6. The molecule has 8 nitrogen and oxygen atoms in total. The number of hydrogen-bond acceptors (Lipinski definition) is 7. The molecule has 24 heavy (non-hydrogen) atoms. The van der Waals surface area contributed by atoms with Crippen LogP contribution in [0, 0.1) is 18.3 Å². The largest absolute Gasteiger partial charge is 0.354 e. The molecule has 0 unspecified atom stereocenters. The molecule has 120 valence electrons. The minimum absolute atomic E-state index is 0.299. The van der Waals surface area contributed by atoms with Crippen LogP contribution < -0.4 is 4.90 Å². The molecule has 1 fully saturated rings. The van der Waals surface area contributed by atoms with Gasteiger partial charge in [-0.2, -0.15) is 14.9 Å². The zero-order valence-corrected chi connectivity index (χ0v) is 13.3. The Labute approximate surface area is 138 Å². The summed E-state index contributed by atoms with van der Waals surface area (Å²) in [6.07, 6.45) is 5.00. The molecule has 0 saturated carbocycles. The maximum Gasteiger partial charge on any atom is 0.183 e. The number of nitrogens with zero attached hydrogens (tertiary/aromatic N) is 8. The Kier molecular flexibility index (Phi) is 3.54. The quantitative estimate of drug-likeness (QED) is 0.705. The van der Waals surface area contributed by atoms with Crippen LogP contribution in [0.2, 0.25) is 0 Å². The number of piperidine rings is 1. The van der Waals surface area contributed by atoms with Gasteiger partial charge in [-0.05, 0) is 31.9 Å². The summed E-state index contributed by atoms with van der Waals surface area (Å²) in [6.45, 7) is 3.57. The first kappa shape index (κ1) is 14.5. The molecular formula is C16H16N8. The van der Waals surface area contributed by atoms with E-state index in [1.807, 2.05) is 23.6 Å². The van der Waals surface area contributed by atoms with Gasteiger partial charge in [0.2, 0.25) is 0 Å². The Morgan fingerprint density at radius 3 is 2.71 bits per heavy atom. The minimum Gasteiger partial charge on any atom is -0.354 e. The van der Waals surface area contributed by atoms with E-state index in [1.165, 1.54) is 0 Å². The fourth-order valence-electron chi connectivity index (χ4n) is 3.14. The van der Waals surface area contributed by atoms with E-state index in [2.05, 4.69) is 36.2 Å². The van der Waals surface area contributed by atoms with Crippen molar-refractivity contribution in [2.24, 2.45) is 0 Å². The van der Waals surface area contributed by atoms with E-state index in [9.17, 15) is 5.26 Å². The van der Waals surface area contributed by atoms with Crippen molar-refractivity contribution in [1.29, 1.82) is 5.26 Å². The van der Waals surface area contributed by atoms with Gasteiger partial charge in [0.25, 0.3) is 0 Å². The van der Waals surface area contributed by atoms with Gasteiger partial charge in [0.05, 0.1) is 5.69 Å². The monoisotopic (exact) mass is 320 g/mol. The number of anilines is 1. The average Bonchev–Trinajstić information content (AvgIpc) is 3.05. The Balaban J connectivity index is 1.56. The minimum atomic E-state index is 0.299. The predicted octanol–water partition coefficient (Wildman–Crippen LogP) is 1.48. The molecule has 0 atom stereocenters. The molecule has 1 saturated heterocycles. The molecule has 0 N–H and O–H groups in total. The molecule has 1 aliphatic heterocycles. The second-order valence-electron chi connectivity index (χ2n) is 5.90. The maximum atomic E-state index is 9.19. The second-order valence-corrected chi connectivity index (χ2v) is 5.90. The number of fused-ring (bicyclic) bond motifs is 1. The van der Waals surface area contributed by atoms with Crippen molar-refractivity contribution in [2.75, 3.05) is 18.0 Å². The predicted molar refractivity (Wildman–Crippen MR) is 86.5 cm³/mol. The van der Waals surface area contributed by atoms with Crippen LogP contribution in [0.5, 0.6) is 0 Å². The van der Waals surface area contributed by atoms with Crippen LogP contribution in [-0.4, -0.2) is 42.9 Å². The van der Waals surface area contributed by atoms with E-state index in [1.54, 1.807) is 12.4 Å². The summed E-state index contributed by atoms with van der Waals surface area (Å²) in [6, 6.07) is 5.99. The molecule has 0 spiro atoms. The van der Waals surface area contributed by atoms with Gasteiger partial charge in [-0.3, -0.25) is 0 Å². The highest BCUT2D eigenvalue weighted by atomic mass is 15.4. The lowest BCUT2D eigenvalue weighted by molar-refractivity contribution is 0.474. The number of aryl methyl sites for hydroxylation is 1. The van der Waals surface area contributed by atoms with Gasteiger partial charge in [-0.15, -0.1) is 10.2 Å². The zero-order valence-electron chi connectivity index (χ0n) is 13.3. The Morgan fingerprint density at radius 2 is 1.92 bits per heavy atom. The number of aromatic nitrogens is 6. The van der Waals surface area contributed by atoms with Crippen LogP contribution >= 0.6 is 0 Å². The number of hydrogen-bond donors (Lipinski definition) is 0. The smallest absolute Gasteiger partial charge is 0.183 e. The summed E-state index contributed by atoms with van der Waals surface area (Å²) in [4.78, 5) is 10.5. The van der Waals surface area contributed by atoms with Gasteiger partial charge in [0, 0.05) is 31.4 Å². The third kappa shape index (κ3) is 2.44. The lowest BCUT2D eigenvalue weighted by Crippen LogP contribution is -2.34. The van der Waals surface area contributed by atoms with Crippen molar-refractivity contribution in [1.82, 2.24) is 29.8 Å². The van der Waals surface area contributed by atoms with E-state index in [0.29, 0.717) is 17.4 Å². The molecule has 4 heterocycles. The lowest BCUT2D eigenvalue weighted by Gasteiger charge is -2.31. The van der Waals surface area contributed by atoms with Gasteiger partial charge in [0.15, 0.2) is 23.0 Å². The fraction of sp³-hybridized carbons (Fsp3) is 0.375. The van der Waals surface area contributed by atoms with E-state index in [0.717, 1.165) is 43.1 Å². The molecule has 0 radical (unpaired) electrons. The zero-order chi connectivity index (χ0) is 16.5. The molecule has 0 aromatic carbocycles. The molecule has 3 aromatic rings. The van der Waals surface area contributed by atoms with Crippen LogP contribution in [0.3, 0.4) is 0 Å². The van der Waals surface area contributed by atoms with Crippen molar-refractivity contribution < 1.29 is 0 Å². The van der Waals surface area contributed by atoms with Crippen LogP contribution in [0.1, 0.15) is 36.0 Å². The average molecular weight is 320 g/mol. The van der Waals surface area contributed by atoms with Crippen molar-refractivity contribution in [3.8, 4) is 6.07 Å². The maximum absolute atomic E-state index is 9.19. The molecule has 1 aliphatic rings. The highest BCUT2D eigenvalue weighted by Gasteiger charge is 2.27. The van der Waals surface area contributed by atoms with Gasteiger partial charge in [-0.25, -0.2) is 9.97 Å². The van der Waals surface area contributed by atoms with Crippen LogP contribution in [0.4, 0.5) is 5.82 Å². The third-order valence-corrected chi connectivity index (χ3v) is 4.36. The Hall–Kier alpha value is -3.08. The van der Waals surface area contributed by atoms with Gasteiger partial charge in [-0.1, -0.05) is 0 Å². The highest BCUT2D eigenvalue weighted by Crippen LogP contribution is 2.29. The molecule has 3 aromatic heterocycles. The third-order valence-electron chi connectivity index (χ3n) is 4.36. The van der Waals surface area contributed by atoms with Crippen LogP contribution in [-0.2, 0) is 0 Å². The molecule has 0 amide bonds. The first-order chi connectivity index (χ1) is 11.8. The van der Waals surface area contributed by atoms with Crippen molar-refractivity contribution in [3.63, 3.8) is 0 Å². The van der Waals surface area contributed by atoms with E-state index < -0.39 is 0 Å². The standard InChI is InChI=1S/C16H16N8/c1-11-2-3-14-20-21-15(24(14)22-11)12-4-8-23(9-5-12)16-13(10-17)18-6-7-19-16/h2-3,6-7,12H,4-5,8-9H2,1H3. The topological polar surface area (TPSA) is 95.9 Å². The number of nitriles is 1. The van der Waals surface area contributed by atoms with Crippen LogP contribution in [0.15, 0.2) is 24.5 Å². The van der Waals surface area contributed by atoms with Gasteiger partial charge < -0.3 is 4.90 Å². The summed E-state index contributed by atoms with van der Waals surface area (Å²) in [7, 11) is 0. The van der Waals surface area contributed by atoms with Crippen LogP contribution in [0.25, 0.3) is 5.65 Å². The molecular weight excluding hydrogens is 304 g/mol. The van der Waals surface area contributed by atoms with Crippen molar-refractivity contribution in [3.05, 3.63) is 41.7 Å². The summed E-state index contributed by atoms with van der Waals surface area (Å²) < 4.78 is 1.85. The SMILES string of the molecule is Cc1ccc2nnc(C3CCN(c4nccnc4C#N)CC3)n2n1. The van der Waals surface area contributed by atoms with Gasteiger partial charge >= 0.3 is 0 Å². The van der Waals surface area contributed by atoms with E-state index in [-0.39, 0.29) is 0 Å². The summed E-state index contributed by atoms with van der Waals surface area (Å²) in [5, 5.41) is 22.3. The van der Waals surface area contributed by atoms with E-state index in [4.69, 9.17) is 0 Å². The van der Waals surface area contributed by atoms with Crippen molar-refractivity contribution in [2.45, 2.75) is 25.7 Å². The first-order valence-corrected chi connectivity index (χ1v) is 7.91. The summed E-state index contributed by atoms with van der Waals surface area (Å²) in [5.41, 5.74) is 2.10. The Morgan fingerprint density at radius 1 is 1.12 bits per heavy atom. The lowest BCUT2D eigenvalue weighted by atomic mass is 9.96.